The summed E-state index contributed by atoms with van der Waals surface area (Å²) in [5.41, 5.74) is 2.21. The Kier molecular flexibility index (Phi) is 4.19. The number of carbonyl (C=O) groups excluding carboxylic acids is 1. The third-order valence-electron chi connectivity index (χ3n) is 2.05. The molecule has 2 aromatic rings. The fraction of sp³-hybridized carbons (Fsp3) is 0.273. The van der Waals surface area contributed by atoms with Crippen LogP contribution in [0.25, 0.3) is 0 Å². The van der Waals surface area contributed by atoms with E-state index in [2.05, 4.69) is 20.5 Å². The largest absolute Gasteiger partial charge is 0.494 e. The summed E-state index contributed by atoms with van der Waals surface area (Å²) in [7, 11) is 0. The third-order valence-corrected chi connectivity index (χ3v) is 2.65. The van der Waals surface area contributed by atoms with E-state index >= 15 is 0 Å². The highest BCUT2D eigenvalue weighted by Crippen LogP contribution is 2.12. The van der Waals surface area contributed by atoms with Crippen molar-refractivity contribution >= 4 is 22.4 Å². The van der Waals surface area contributed by atoms with Crippen molar-refractivity contribution < 1.29 is 9.53 Å². The Morgan fingerprint density at radius 2 is 2.44 bits per heavy atom. The molecule has 0 atom stereocenters. The molecule has 0 aliphatic rings. The number of aromatic nitrogens is 3. The monoisotopic (exact) mass is 264 g/mol. The topological polar surface area (TPSA) is 77.0 Å². The molecule has 1 N–H and O–H groups in total. The molecule has 0 saturated heterocycles. The Morgan fingerprint density at radius 3 is 3.17 bits per heavy atom. The van der Waals surface area contributed by atoms with Crippen LogP contribution in [-0.2, 0) is 11.2 Å². The normalized spacial score (nSPS) is 10.1. The zero-order valence-corrected chi connectivity index (χ0v) is 10.6. The first-order chi connectivity index (χ1) is 8.78. The molecule has 0 saturated carbocycles. The molecular formula is C11H12N4O2S. The van der Waals surface area contributed by atoms with Crippen LogP contribution in [0.15, 0.2) is 23.8 Å². The quantitative estimate of drug-likeness (QED) is 0.885. The molecule has 0 bridgehead atoms. The van der Waals surface area contributed by atoms with Gasteiger partial charge in [0.25, 0.3) is 0 Å². The molecule has 0 aliphatic heterocycles. The number of amides is 1. The van der Waals surface area contributed by atoms with Crippen LogP contribution in [-0.4, -0.2) is 27.7 Å². The van der Waals surface area contributed by atoms with Crippen molar-refractivity contribution in [3.05, 3.63) is 29.5 Å². The highest BCUT2D eigenvalue weighted by Gasteiger charge is 2.07. The van der Waals surface area contributed by atoms with Crippen LogP contribution in [0, 0.1) is 0 Å². The minimum Gasteiger partial charge on any atom is -0.494 e. The summed E-state index contributed by atoms with van der Waals surface area (Å²) in [5.74, 6) is 0.541. The number of ether oxygens (including phenoxy) is 1. The summed E-state index contributed by atoms with van der Waals surface area (Å²) in [6.45, 7) is 2.49. The fourth-order valence-corrected chi connectivity index (χ4v) is 1.83. The summed E-state index contributed by atoms with van der Waals surface area (Å²) in [6.07, 6.45) is 1.80. The Balaban J connectivity index is 1.96. The van der Waals surface area contributed by atoms with Crippen LogP contribution >= 0.6 is 11.3 Å². The van der Waals surface area contributed by atoms with Crippen LogP contribution in [0.4, 0.5) is 5.13 Å². The summed E-state index contributed by atoms with van der Waals surface area (Å²) >= 11 is 1.27. The highest BCUT2D eigenvalue weighted by atomic mass is 32.1. The van der Waals surface area contributed by atoms with Gasteiger partial charge in [-0.25, -0.2) is 0 Å². The summed E-state index contributed by atoms with van der Waals surface area (Å²) in [5, 5.41) is 10.5. The van der Waals surface area contributed by atoms with Crippen molar-refractivity contribution in [3.8, 4) is 5.75 Å². The average Bonchev–Trinajstić information content (AvgIpc) is 2.82. The number of nitrogens with zero attached hydrogens (tertiary/aromatic N) is 3. The first-order valence-electron chi connectivity index (χ1n) is 5.41. The zero-order valence-electron chi connectivity index (χ0n) is 9.79. The van der Waals surface area contributed by atoms with Crippen molar-refractivity contribution in [1.82, 2.24) is 15.2 Å². The van der Waals surface area contributed by atoms with Crippen molar-refractivity contribution in [2.45, 2.75) is 13.3 Å². The lowest BCUT2D eigenvalue weighted by atomic mass is 10.2. The number of nitrogens with one attached hydrogen (secondary N) is 1. The lowest BCUT2D eigenvalue weighted by Gasteiger charge is -2.05. The van der Waals surface area contributed by atoms with E-state index in [-0.39, 0.29) is 12.3 Å². The maximum absolute atomic E-state index is 11.7. The van der Waals surface area contributed by atoms with E-state index in [1.54, 1.807) is 23.8 Å². The van der Waals surface area contributed by atoms with E-state index in [1.807, 2.05) is 6.92 Å². The second-order valence-corrected chi connectivity index (χ2v) is 4.22. The predicted molar refractivity (Wildman–Crippen MR) is 67.6 cm³/mol. The van der Waals surface area contributed by atoms with Gasteiger partial charge >= 0.3 is 0 Å². The minimum atomic E-state index is -0.173. The second-order valence-electron chi connectivity index (χ2n) is 3.38. The van der Waals surface area contributed by atoms with Gasteiger partial charge < -0.3 is 10.1 Å². The van der Waals surface area contributed by atoms with Crippen molar-refractivity contribution in [2.75, 3.05) is 11.9 Å². The van der Waals surface area contributed by atoms with Crippen molar-refractivity contribution in [2.24, 2.45) is 0 Å². The number of carbonyl (C=O) groups is 1. The van der Waals surface area contributed by atoms with Gasteiger partial charge in [0.15, 0.2) is 0 Å². The minimum absolute atomic E-state index is 0.173. The summed E-state index contributed by atoms with van der Waals surface area (Å²) in [4.78, 5) is 15.8. The summed E-state index contributed by atoms with van der Waals surface area (Å²) in [6, 6.07) is 3.51. The molecule has 2 heterocycles. The number of rotatable bonds is 5. The standard InChI is InChI=1S/C11H12N4O2S/c1-2-17-9-3-4-12-8(5-9)6-10(16)14-11-15-13-7-18-11/h3-5,7H,2,6H2,1H3,(H,14,15,16). The zero-order chi connectivity index (χ0) is 12.8. The van der Waals surface area contributed by atoms with Crippen LogP contribution in [0.2, 0.25) is 0 Å². The van der Waals surface area contributed by atoms with E-state index in [1.165, 1.54) is 11.3 Å². The van der Waals surface area contributed by atoms with Gasteiger partial charge in [0.05, 0.1) is 18.7 Å². The smallest absolute Gasteiger partial charge is 0.232 e. The van der Waals surface area contributed by atoms with Crippen LogP contribution in [0.5, 0.6) is 5.75 Å². The highest BCUT2D eigenvalue weighted by molar-refractivity contribution is 7.13. The van der Waals surface area contributed by atoms with Gasteiger partial charge in [-0.05, 0) is 13.0 Å². The molecule has 1 amide bonds. The van der Waals surface area contributed by atoms with E-state index in [0.717, 1.165) is 0 Å². The Morgan fingerprint density at radius 1 is 1.56 bits per heavy atom. The van der Waals surface area contributed by atoms with Crippen LogP contribution in [0.3, 0.4) is 0 Å². The Bertz CT molecular complexity index is 516. The Labute approximate surface area is 108 Å². The number of anilines is 1. The van der Waals surface area contributed by atoms with Gasteiger partial charge in [0.1, 0.15) is 11.3 Å². The molecule has 0 aromatic carbocycles. The molecule has 0 radical (unpaired) electrons. The van der Waals surface area contributed by atoms with Crippen LogP contribution < -0.4 is 10.1 Å². The molecule has 94 valence electrons. The first-order valence-corrected chi connectivity index (χ1v) is 6.29. The molecular weight excluding hydrogens is 252 g/mol. The molecule has 0 aliphatic carbocycles. The molecule has 7 heteroatoms. The Hall–Kier alpha value is -2.02. The fourth-order valence-electron chi connectivity index (χ4n) is 1.36. The molecule has 18 heavy (non-hydrogen) atoms. The molecule has 0 fully saturated rings. The molecule has 6 nitrogen and oxygen atoms in total. The van der Waals surface area contributed by atoms with Gasteiger partial charge in [0.2, 0.25) is 11.0 Å². The van der Waals surface area contributed by atoms with Crippen molar-refractivity contribution in [1.29, 1.82) is 0 Å². The van der Waals surface area contributed by atoms with E-state index in [0.29, 0.717) is 23.2 Å². The van der Waals surface area contributed by atoms with Gasteiger partial charge in [-0.1, -0.05) is 11.3 Å². The van der Waals surface area contributed by atoms with Gasteiger partial charge in [-0.15, -0.1) is 10.2 Å². The van der Waals surface area contributed by atoms with Gasteiger partial charge in [0, 0.05) is 12.3 Å². The first kappa shape index (κ1) is 12.4. The van der Waals surface area contributed by atoms with E-state index in [4.69, 9.17) is 4.74 Å². The van der Waals surface area contributed by atoms with Crippen molar-refractivity contribution in [3.63, 3.8) is 0 Å². The maximum atomic E-state index is 11.7. The van der Waals surface area contributed by atoms with Gasteiger partial charge in [-0.2, -0.15) is 0 Å². The third kappa shape index (κ3) is 3.49. The lowest BCUT2D eigenvalue weighted by molar-refractivity contribution is -0.115. The molecule has 2 aromatic heterocycles. The van der Waals surface area contributed by atoms with E-state index < -0.39 is 0 Å². The molecule has 0 unspecified atom stereocenters. The number of pyridine rings is 1. The van der Waals surface area contributed by atoms with Gasteiger partial charge in [-0.3, -0.25) is 9.78 Å². The molecule has 2 rings (SSSR count). The maximum Gasteiger partial charge on any atom is 0.232 e. The number of hydrogen-bond acceptors (Lipinski definition) is 6. The lowest BCUT2D eigenvalue weighted by Crippen LogP contribution is -2.15. The van der Waals surface area contributed by atoms with E-state index in [9.17, 15) is 4.79 Å². The second kappa shape index (κ2) is 6.06. The SMILES string of the molecule is CCOc1ccnc(CC(=O)Nc2nncs2)c1. The predicted octanol–water partition coefficient (Wildman–Crippen LogP) is 1.51. The van der Waals surface area contributed by atoms with Crippen LogP contribution in [0.1, 0.15) is 12.6 Å². The number of hydrogen-bond donors (Lipinski definition) is 1. The average molecular weight is 264 g/mol. The summed E-state index contributed by atoms with van der Waals surface area (Å²) < 4.78 is 5.34. The molecule has 0 spiro atoms.